The standard InChI is InChI=1S/C30H19N3/c1-2-8-19(9-3-1)22-17-30(27-15-14-20-10-4-6-12-25(20)31-27)33-29-18-28-23(16-24(22)29)21-11-5-7-13-26(21)32-28/h1-18,33H. The molecule has 0 aliphatic heterocycles. The summed E-state index contributed by atoms with van der Waals surface area (Å²) in [7, 11) is 0. The summed E-state index contributed by atoms with van der Waals surface area (Å²) in [5.41, 5.74) is 8.35. The Morgan fingerprint density at radius 1 is 0.515 bits per heavy atom. The van der Waals surface area contributed by atoms with Crippen molar-refractivity contribution in [1.82, 2.24) is 15.0 Å². The first-order valence-corrected chi connectivity index (χ1v) is 11.1. The number of nitrogens with one attached hydrogen (secondary N) is 1. The van der Waals surface area contributed by atoms with E-state index >= 15 is 0 Å². The molecule has 4 aromatic carbocycles. The maximum absolute atomic E-state index is 4.94. The van der Waals surface area contributed by atoms with E-state index in [0.29, 0.717) is 0 Å². The molecule has 0 saturated carbocycles. The van der Waals surface area contributed by atoms with Crippen LogP contribution in [0.3, 0.4) is 0 Å². The Morgan fingerprint density at radius 3 is 2.21 bits per heavy atom. The van der Waals surface area contributed by atoms with Gasteiger partial charge in [0.05, 0.1) is 27.9 Å². The number of H-pyrrole nitrogens is 1. The van der Waals surface area contributed by atoms with Gasteiger partial charge in [-0.15, -0.1) is 0 Å². The third kappa shape index (κ3) is 2.90. The molecule has 7 rings (SSSR count). The van der Waals surface area contributed by atoms with Gasteiger partial charge in [0.15, 0.2) is 0 Å². The Labute approximate surface area is 190 Å². The summed E-state index contributed by atoms with van der Waals surface area (Å²) in [6.45, 7) is 0. The predicted molar refractivity (Wildman–Crippen MR) is 137 cm³/mol. The largest absolute Gasteiger partial charge is 0.353 e. The molecular formula is C30H19N3. The molecule has 3 heterocycles. The molecule has 0 aliphatic carbocycles. The molecule has 33 heavy (non-hydrogen) atoms. The molecular weight excluding hydrogens is 402 g/mol. The molecule has 3 nitrogen and oxygen atoms in total. The number of fused-ring (bicyclic) bond motifs is 5. The molecule has 0 radical (unpaired) electrons. The van der Waals surface area contributed by atoms with E-state index in [4.69, 9.17) is 9.97 Å². The molecule has 0 bridgehead atoms. The van der Waals surface area contributed by atoms with E-state index in [1.54, 1.807) is 0 Å². The smallest absolute Gasteiger partial charge is 0.0872 e. The predicted octanol–water partition coefficient (Wildman–Crippen LogP) is 7.75. The van der Waals surface area contributed by atoms with Crippen LogP contribution in [-0.2, 0) is 0 Å². The molecule has 0 saturated heterocycles. The topological polar surface area (TPSA) is 41.6 Å². The van der Waals surface area contributed by atoms with Gasteiger partial charge in [-0.1, -0.05) is 72.8 Å². The van der Waals surface area contributed by atoms with E-state index < -0.39 is 0 Å². The van der Waals surface area contributed by atoms with Crippen molar-refractivity contribution < 1.29 is 0 Å². The van der Waals surface area contributed by atoms with Gasteiger partial charge in [-0.2, -0.15) is 0 Å². The summed E-state index contributed by atoms with van der Waals surface area (Å²) in [4.78, 5) is 13.5. The first-order valence-electron chi connectivity index (χ1n) is 11.1. The zero-order valence-electron chi connectivity index (χ0n) is 17.8. The van der Waals surface area contributed by atoms with Gasteiger partial charge in [0.2, 0.25) is 0 Å². The number of hydrogen-bond acceptors (Lipinski definition) is 2. The fourth-order valence-electron chi connectivity index (χ4n) is 4.77. The molecule has 7 aromatic rings. The van der Waals surface area contributed by atoms with E-state index in [1.165, 1.54) is 27.3 Å². The van der Waals surface area contributed by atoms with Crippen molar-refractivity contribution in [2.45, 2.75) is 0 Å². The van der Waals surface area contributed by atoms with Crippen LogP contribution in [0, 0.1) is 0 Å². The molecule has 0 fully saturated rings. The first kappa shape index (κ1) is 18.1. The maximum Gasteiger partial charge on any atom is 0.0872 e. The summed E-state index contributed by atoms with van der Waals surface area (Å²) >= 11 is 0. The second-order valence-electron chi connectivity index (χ2n) is 8.40. The molecule has 3 aromatic heterocycles. The van der Waals surface area contributed by atoms with Crippen LogP contribution in [0.15, 0.2) is 109 Å². The molecule has 0 unspecified atom stereocenters. The minimum absolute atomic E-state index is 0.925. The van der Waals surface area contributed by atoms with Gasteiger partial charge >= 0.3 is 0 Å². The molecule has 1 N–H and O–H groups in total. The van der Waals surface area contributed by atoms with Gasteiger partial charge in [-0.3, -0.25) is 0 Å². The van der Waals surface area contributed by atoms with Crippen molar-refractivity contribution in [1.29, 1.82) is 0 Å². The Hall–Kier alpha value is -4.50. The van der Waals surface area contributed by atoms with E-state index in [9.17, 15) is 0 Å². The lowest BCUT2D eigenvalue weighted by Crippen LogP contribution is -1.92. The number of rotatable bonds is 2. The Morgan fingerprint density at radius 2 is 1.30 bits per heavy atom. The number of para-hydroxylation sites is 2. The molecule has 0 aliphatic rings. The van der Waals surface area contributed by atoms with Gasteiger partial charge in [0.1, 0.15) is 0 Å². The summed E-state index contributed by atoms with van der Waals surface area (Å²) < 4.78 is 0. The summed E-state index contributed by atoms with van der Waals surface area (Å²) in [6.07, 6.45) is 0. The quantitative estimate of drug-likeness (QED) is 0.310. The lowest BCUT2D eigenvalue weighted by molar-refractivity contribution is 1.32. The Kier molecular flexibility index (Phi) is 3.84. The maximum atomic E-state index is 4.94. The monoisotopic (exact) mass is 421 g/mol. The highest BCUT2D eigenvalue weighted by atomic mass is 14.8. The number of hydrogen-bond donors (Lipinski definition) is 1. The Balaban J connectivity index is 1.56. The van der Waals surface area contributed by atoms with Crippen LogP contribution in [0.2, 0.25) is 0 Å². The fourth-order valence-corrected chi connectivity index (χ4v) is 4.77. The van der Waals surface area contributed by atoms with Gasteiger partial charge < -0.3 is 4.98 Å². The second-order valence-corrected chi connectivity index (χ2v) is 8.40. The number of nitrogens with zero attached hydrogens (tertiary/aromatic N) is 2. The van der Waals surface area contributed by atoms with Gasteiger partial charge in [-0.25, -0.2) is 9.97 Å². The van der Waals surface area contributed by atoms with Gasteiger partial charge in [-0.05, 0) is 47.5 Å². The van der Waals surface area contributed by atoms with Crippen molar-refractivity contribution in [3.63, 3.8) is 0 Å². The van der Waals surface area contributed by atoms with Crippen molar-refractivity contribution >= 4 is 43.6 Å². The number of aromatic amines is 1. The first-order chi connectivity index (χ1) is 16.3. The molecule has 0 atom stereocenters. The third-order valence-corrected chi connectivity index (χ3v) is 6.38. The highest BCUT2D eigenvalue weighted by molar-refractivity contribution is 6.13. The van der Waals surface area contributed by atoms with E-state index in [1.807, 2.05) is 18.2 Å². The molecule has 3 heteroatoms. The van der Waals surface area contributed by atoms with Crippen LogP contribution < -0.4 is 0 Å². The summed E-state index contributed by atoms with van der Waals surface area (Å²) in [5.74, 6) is 0. The minimum atomic E-state index is 0.925. The van der Waals surface area contributed by atoms with Gasteiger partial charge in [0.25, 0.3) is 0 Å². The third-order valence-electron chi connectivity index (χ3n) is 6.38. The average molecular weight is 422 g/mol. The van der Waals surface area contributed by atoms with E-state index in [0.717, 1.165) is 38.8 Å². The molecule has 154 valence electrons. The van der Waals surface area contributed by atoms with Crippen molar-refractivity contribution in [3.8, 4) is 22.5 Å². The number of benzene rings is 4. The van der Waals surface area contributed by atoms with Crippen LogP contribution in [0.5, 0.6) is 0 Å². The van der Waals surface area contributed by atoms with Gasteiger partial charge in [0, 0.05) is 27.1 Å². The SMILES string of the molecule is c1ccc(-c2cc(-c3ccc4ccccc4n3)[nH]c3cc4nc5ccccc5c4cc23)cc1. The highest BCUT2D eigenvalue weighted by Crippen LogP contribution is 2.36. The minimum Gasteiger partial charge on any atom is -0.353 e. The number of pyridine rings is 2. The highest BCUT2D eigenvalue weighted by Gasteiger charge is 2.13. The van der Waals surface area contributed by atoms with E-state index in [-0.39, 0.29) is 0 Å². The fraction of sp³-hybridized carbons (Fsp3) is 0. The zero-order chi connectivity index (χ0) is 21.8. The van der Waals surface area contributed by atoms with Crippen LogP contribution in [-0.4, -0.2) is 15.0 Å². The van der Waals surface area contributed by atoms with Crippen LogP contribution >= 0.6 is 0 Å². The summed E-state index contributed by atoms with van der Waals surface area (Å²) in [6, 6.07) is 38.0. The molecule has 0 amide bonds. The van der Waals surface area contributed by atoms with Crippen LogP contribution in [0.25, 0.3) is 66.1 Å². The lowest BCUT2D eigenvalue weighted by Gasteiger charge is -2.12. The van der Waals surface area contributed by atoms with E-state index in [2.05, 4.69) is 96.0 Å². The second kappa shape index (κ2) is 7.01. The normalized spacial score (nSPS) is 11.6. The van der Waals surface area contributed by atoms with Crippen molar-refractivity contribution in [2.75, 3.05) is 0 Å². The summed E-state index contributed by atoms with van der Waals surface area (Å²) in [5, 5.41) is 4.69. The lowest BCUT2D eigenvalue weighted by atomic mass is 9.97. The van der Waals surface area contributed by atoms with Crippen molar-refractivity contribution in [3.05, 3.63) is 109 Å². The average Bonchev–Trinajstić information content (AvgIpc) is 3.24. The van der Waals surface area contributed by atoms with Crippen LogP contribution in [0.4, 0.5) is 0 Å². The van der Waals surface area contributed by atoms with Crippen molar-refractivity contribution in [2.24, 2.45) is 0 Å². The van der Waals surface area contributed by atoms with Crippen LogP contribution in [0.1, 0.15) is 0 Å². The zero-order valence-corrected chi connectivity index (χ0v) is 17.8. The molecule has 0 spiro atoms. The Bertz CT molecular complexity index is 1810. The number of aromatic nitrogens is 3.